The molecule has 1 N–H and O–H groups in total. The molecule has 7 heteroatoms. The molecule has 0 aliphatic carbocycles. The average Bonchev–Trinajstić information content (AvgIpc) is 3.37. The van der Waals surface area contributed by atoms with Gasteiger partial charge in [0, 0.05) is 28.8 Å². The maximum Gasteiger partial charge on any atom is 0.174 e. The number of hydrogen-bond donors (Lipinski definition) is 1. The third-order valence-electron chi connectivity index (χ3n) is 5.84. The van der Waals surface area contributed by atoms with E-state index in [9.17, 15) is 0 Å². The van der Waals surface area contributed by atoms with Crippen LogP contribution < -0.4 is 10.2 Å². The molecule has 0 bridgehead atoms. The van der Waals surface area contributed by atoms with Gasteiger partial charge in [-0.2, -0.15) is 0 Å². The van der Waals surface area contributed by atoms with E-state index in [1.54, 1.807) is 6.07 Å². The predicted molar refractivity (Wildman–Crippen MR) is 140 cm³/mol. The highest BCUT2D eigenvalue weighted by atomic mass is 35.5. The Morgan fingerprint density at radius 1 is 0.939 bits per heavy atom. The summed E-state index contributed by atoms with van der Waals surface area (Å²) >= 11 is 18.6. The molecule has 4 nitrogen and oxygen atoms in total. The zero-order valence-electron chi connectivity index (χ0n) is 18.2. The summed E-state index contributed by atoms with van der Waals surface area (Å²) in [5, 5.41) is 5.37. The van der Waals surface area contributed by atoms with Gasteiger partial charge in [-0.3, -0.25) is 4.98 Å². The zero-order chi connectivity index (χ0) is 23.1. The Bertz CT molecular complexity index is 1320. The maximum atomic E-state index is 6.60. The number of nitrogens with one attached hydrogen (secondary N) is 1. The van der Waals surface area contributed by atoms with Gasteiger partial charge in [0.05, 0.1) is 22.4 Å². The second-order valence-electron chi connectivity index (χ2n) is 8.24. The van der Waals surface area contributed by atoms with Crippen LogP contribution in [0.4, 0.5) is 5.69 Å². The Morgan fingerprint density at radius 2 is 1.73 bits per heavy atom. The van der Waals surface area contributed by atoms with Crippen LogP contribution in [0, 0.1) is 13.8 Å². The van der Waals surface area contributed by atoms with Crippen LogP contribution in [0.25, 0.3) is 5.69 Å². The van der Waals surface area contributed by atoms with Gasteiger partial charge in [0.1, 0.15) is 6.04 Å². The summed E-state index contributed by atoms with van der Waals surface area (Å²) in [4.78, 5) is 6.83. The molecule has 0 unspecified atom stereocenters. The van der Waals surface area contributed by atoms with E-state index in [4.69, 9.17) is 35.4 Å². The van der Waals surface area contributed by atoms with Crippen LogP contribution >= 0.6 is 35.4 Å². The number of thiocarbonyl (C=S) groups is 1. The number of benzene rings is 2. The summed E-state index contributed by atoms with van der Waals surface area (Å²) in [6, 6.07) is 21.8. The fourth-order valence-electron chi connectivity index (χ4n) is 4.55. The lowest BCUT2D eigenvalue weighted by Crippen LogP contribution is -2.30. The van der Waals surface area contributed by atoms with Crippen LogP contribution in [-0.2, 0) is 0 Å². The van der Waals surface area contributed by atoms with Crippen LogP contribution in [0.15, 0.2) is 79.1 Å². The van der Waals surface area contributed by atoms with Crippen molar-refractivity contribution in [3.8, 4) is 5.69 Å². The number of rotatable bonds is 4. The van der Waals surface area contributed by atoms with Gasteiger partial charge in [-0.15, -0.1) is 0 Å². The minimum absolute atomic E-state index is 0.140. The van der Waals surface area contributed by atoms with Crippen LogP contribution in [0.5, 0.6) is 0 Å². The summed E-state index contributed by atoms with van der Waals surface area (Å²) in [5.74, 6) is 0. The first kappa shape index (κ1) is 22.0. The molecule has 166 valence electrons. The highest BCUT2D eigenvalue weighted by Gasteiger charge is 2.42. The van der Waals surface area contributed by atoms with Crippen molar-refractivity contribution in [1.29, 1.82) is 0 Å². The first-order valence-corrected chi connectivity index (χ1v) is 11.8. The monoisotopic (exact) mass is 492 g/mol. The maximum absolute atomic E-state index is 6.60. The highest BCUT2D eigenvalue weighted by molar-refractivity contribution is 7.80. The van der Waals surface area contributed by atoms with Gasteiger partial charge in [0.15, 0.2) is 5.11 Å². The Kier molecular flexibility index (Phi) is 5.87. The molecule has 2 aromatic carbocycles. The highest BCUT2D eigenvalue weighted by Crippen LogP contribution is 2.43. The van der Waals surface area contributed by atoms with Gasteiger partial charge in [-0.05, 0) is 91.8 Å². The van der Waals surface area contributed by atoms with E-state index < -0.39 is 0 Å². The van der Waals surface area contributed by atoms with Gasteiger partial charge < -0.3 is 14.8 Å². The molecule has 2 aromatic heterocycles. The lowest BCUT2D eigenvalue weighted by Gasteiger charge is -2.29. The normalized spacial score (nSPS) is 17.9. The average molecular weight is 493 g/mol. The first-order valence-electron chi connectivity index (χ1n) is 10.6. The third kappa shape index (κ3) is 4.12. The van der Waals surface area contributed by atoms with E-state index in [1.165, 1.54) is 11.1 Å². The van der Waals surface area contributed by atoms with Crippen LogP contribution in [0.1, 0.15) is 34.6 Å². The van der Waals surface area contributed by atoms with Crippen molar-refractivity contribution in [1.82, 2.24) is 14.9 Å². The molecule has 5 rings (SSSR count). The number of aromatic nitrogens is 2. The molecule has 1 aliphatic rings. The van der Waals surface area contributed by atoms with E-state index in [0.29, 0.717) is 15.2 Å². The smallest absolute Gasteiger partial charge is 0.174 e. The quantitative estimate of drug-likeness (QED) is 0.311. The summed E-state index contributed by atoms with van der Waals surface area (Å²) < 4.78 is 2.10. The molecule has 0 saturated carbocycles. The lowest BCUT2D eigenvalue weighted by molar-refractivity contribution is 0.549. The van der Waals surface area contributed by atoms with Crippen molar-refractivity contribution in [2.75, 3.05) is 4.90 Å². The van der Waals surface area contributed by atoms with Gasteiger partial charge in [-0.1, -0.05) is 35.3 Å². The molecule has 1 aliphatic heterocycles. The number of nitrogens with zero attached hydrogens (tertiary/aromatic N) is 3. The molecular formula is C26H22Cl2N4S. The van der Waals surface area contributed by atoms with E-state index in [0.717, 1.165) is 22.8 Å². The standard InChI is InChI=1S/C26H22Cl2N4S/c1-16-12-17(2)14-19(13-16)32-25(24(30-26(32)33)21-6-3-4-10-29-21)23-7-5-11-31(23)22-9-8-18(27)15-20(22)28/h3-15,24-25H,1-2H3,(H,30,33)/t24-,25+/m1/s1. The van der Waals surface area contributed by atoms with E-state index in [-0.39, 0.29) is 12.1 Å². The fraction of sp³-hybridized carbons (Fsp3) is 0.154. The second kappa shape index (κ2) is 8.82. The van der Waals surface area contributed by atoms with E-state index in [2.05, 4.69) is 57.9 Å². The number of anilines is 1. The van der Waals surface area contributed by atoms with E-state index in [1.807, 2.05) is 48.8 Å². The number of hydrogen-bond acceptors (Lipinski definition) is 2. The van der Waals surface area contributed by atoms with Crippen LogP contribution in [0.2, 0.25) is 10.0 Å². The largest absolute Gasteiger partial charge is 0.351 e. The molecule has 1 fully saturated rings. The Morgan fingerprint density at radius 3 is 2.42 bits per heavy atom. The molecule has 33 heavy (non-hydrogen) atoms. The lowest BCUT2D eigenvalue weighted by atomic mass is 10.00. The van der Waals surface area contributed by atoms with Crippen molar-refractivity contribution in [2.24, 2.45) is 0 Å². The van der Waals surface area contributed by atoms with Gasteiger partial charge in [0.2, 0.25) is 0 Å². The fourth-order valence-corrected chi connectivity index (χ4v) is 5.40. The van der Waals surface area contributed by atoms with Gasteiger partial charge in [0.25, 0.3) is 0 Å². The molecular weight excluding hydrogens is 471 g/mol. The Hall–Kier alpha value is -2.86. The second-order valence-corrected chi connectivity index (χ2v) is 9.47. The molecule has 0 amide bonds. The van der Waals surface area contributed by atoms with Crippen LogP contribution in [0.3, 0.4) is 0 Å². The van der Waals surface area contributed by atoms with Crippen LogP contribution in [-0.4, -0.2) is 14.7 Å². The molecule has 0 spiro atoms. The van der Waals surface area contributed by atoms with Gasteiger partial charge >= 0.3 is 0 Å². The summed E-state index contributed by atoms with van der Waals surface area (Å²) in [7, 11) is 0. The molecule has 3 heterocycles. The van der Waals surface area contributed by atoms with Crippen molar-refractivity contribution < 1.29 is 0 Å². The number of aryl methyl sites for hydroxylation is 2. The SMILES string of the molecule is Cc1cc(C)cc(N2C(=S)N[C@H](c3ccccn3)[C@@H]2c2cccn2-c2ccc(Cl)cc2Cl)c1. The predicted octanol–water partition coefficient (Wildman–Crippen LogP) is 6.97. The summed E-state index contributed by atoms with van der Waals surface area (Å²) in [6.45, 7) is 4.20. The first-order chi connectivity index (χ1) is 15.9. The Labute approximate surface area is 208 Å². The Balaban J connectivity index is 1.70. The topological polar surface area (TPSA) is 33.1 Å². The zero-order valence-corrected chi connectivity index (χ0v) is 20.5. The van der Waals surface area contributed by atoms with Crippen molar-refractivity contribution >= 4 is 46.2 Å². The number of pyridine rings is 1. The molecule has 1 saturated heterocycles. The van der Waals surface area contributed by atoms with Crippen molar-refractivity contribution in [3.63, 3.8) is 0 Å². The van der Waals surface area contributed by atoms with Gasteiger partial charge in [-0.25, -0.2) is 0 Å². The summed E-state index contributed by atoms with van der Waals surface area (Å²) in [6.07, 6.45) is 3.83. The van der Waals surface area contributed by atoms with Crippen molar-refractivity contribution in [3.05, 3.63) is 112 Å². The summed E-state index contributed by atoms with van der Waals surface area (Å²) in [5.41, 5.74) is 6.24. The molecule has 4 aromatic rings. The molecule has 2 atom stereocenters. The van der Waals surface area contributed by atoms with Crippen molar-refractivity contribution in [2.45, 2.75) is 25.9 Å². The minimum atomic E-state index is -0.143. The number of halogens is 2. The molecule has 0 radical (unpaired) electrons. The van der Waals surface area contributed by atoms with E-state index >= 15 is 0 Å². The minimum Gasteiger partial charge on any atom is -0.351 e. The third-order valence-corrected chi connectivity index (χ3v) is 6.69.